The number of rotatable bonds is 8. The second-order valence-corrected chi connectivity index (χ2v) is 2.52. The van der Waals surface area contributed by atoms with Crippen LogP contribution in [0.1, 0.15) is 6.92 Å². The second-order valence-electron chi connectivity index (χ2n) is 2.52. The Balaban J connectivity index is 3.04. The van der Waals surface area contributed by atoms with Gasteiger partial charge >= 0.3 is 0 Å². The lowest BCUT2D eigenvalue weighted by molar-refractivity contribution is -0.127. The van der Waals surface area contributed by atoms with Gasteiger partial charge in [0.25, 0.3) is 0 Å². The van der Waals surface area contributed by atoms with Crippen molar-refractivity contribution in [3.05, 3.63) is 0 Å². The lowest BCUT2D eigenvalue weighted by Gasteiger charge is -2.13. The van der Waals surface area contributed by atoms with E-state index in [0.717, 1.165) is 13.1 Å². The molecule has 2 N–H and O–H groups in total. The van der Waals surface area contributed by atoms with Crippen molar-refractivity contribution in [1.82, 2.24) is 10.6 Å². The van der Waals surface area contributed by atoms with E-state index in [4.69, 9.17) is 9.47 Å². The quantitative estimate of drug-likeness (QED) is 0.397. The molecule has 0 rings (SSSR count). The molecule has 0 bridgehead atoms. The van der Waals surface area contributed by atoms with E-state index in [0.29, 0.717) is 13.2 Å². The zero-order valence-corrected chi connectivity index (χ0v) is 8.22. The molecule has 0 spiro atoms. The Morgan fingerprint density at radius 1 is 1.00 bits per heavy atom. The third kappa shape index (κ3) is 7.94. The first-order chi connectivity index (χ1) is 5.81. The van der Waals surface area contributed by atoms with Crippen molar-refractivity contribution in [1.29, 1.82) is 0 Å². The molecule has 4 heteroatoms. The van der Waals surface area contributed by atoms with E-state index < -0.39 is 0 Å². The molecule has 0 fully saturated rings. The summed E-state index contributed by atoms with van der Waals surface area (Å²) in [6, 6.07) is 0. The molecule has 0 aromatic carbocycles. The van der Waals surface area contributed by atoms with Gasteiger partial charge in [-0.15, -0.1) is 0 Å². The number of hydrogen-bond donors (Lipinski definition) is 2. The highest BCUT2D eigenvalue weighted by Crippen LogP contribution is 1.91. The van der Waals surface area contributed by atoms with Crippen molar-refractivity contribution in [3.8, 4) is 0 Å². The lowest BCUT2D eigenvalue weighted by atomic mass is 10.6. The summed E-state index contributed by atoms with van der Waals surface area (Å²) in [7, 11) is 3.80. The van der Waals surface area contributed by atoms with Crippen LogP contribution in [0, 0.1) is 0 Å². The maximum absolute atomic E-state index is 5.32. The molecule has 0 heterocycles. The van der Waals surface area contributed by atoms with Crippen LogP contribution in [0.3, 0.4) is 0 Å². The predicted octanol–water partition coefficient (Wildman–Crippen LogP) is -0.196. The van der Waals surface area contributed by atoms with E-state index in [9.17, 15) is 0 Å². The Morgan fingerprint density at radius 3 is 1.75 bits per heavy atom. The van der Waals surface area contributed by atoms with Crippen LogP contribution < -0.4 is 10.6 Å². The van der Waals surface area contributed by atoms with Gasteiger partial charge in [-0.25, -0.2) is 0 Å². The summed E-state index contributed by atoms with van der Waals surface area (Å²) in [6.45, 7) is 5.01. The molecular weight excluding hydrogens is 156 g/mol. The lowest BCUT2D eigenvalue weighted by Crippen LogP contribution is -2.23. The zero-order chi connectivity index (χ0) is 9.23. The number of ether oxygens (including phenoxy) is 2. The topological polar surface area (TPSA) is 42.5 Å². The summed E-state index contributed by atoms with van der Waals surface area (Å²) >= 11 is 0. The van der Waals surface area contributed by atoms with Crippen LogP contribution in [-0.2, 0) is 9.47 Å². The van der Waals surface area contributed by atoms with E-state index in [1.165, 1.54) is 0 Å². The molecule has 0 atom stereocenters. The van der Waals surface area contributed by atoms with Gasteiger partial charge in [-0.3, -0.25) is 0 Å². The van der Waals surface area contributed by atoms with Crippen molar-refractivity contribution < 1.29 is 9.47 Å². The minimum absolute atomic E-state index is 0.105. The highest BCUT2D eigenvalue weighted by atomic mass is 16.7. The van der Waals surface area contributed by atoms with Crippen LogP contribution in [0.5, 0.6) is 0 Å². The van der Waals surface area contributed by atoms with Crippen LogP contribution in [0.15, 0.2) is 0 Å². The minimum Gasteiger partial charge on any atom is -0.352 e. The van der Waals surface area contributed by atoms with Gasteiger partial charge in [-0.1, -0.05) is 0 Å². The van der Waals surface area contributed by atoms with Crippen molar-refractivity contribution >= 4 is 0 Å². The van der Waals surface area contributed by atoms with Gasteiger partial charge in [0.15, 0.2) is 6.29 Å². The van der Waals surface area contributed by atoms with E-state index in [-0.39, 0.29) is 6.29 Å². The molecule has 4 nitrogen and oxygen atoms in total. The van der Waals surface area contributed by atoms with Crippen LogP contribution in [0.2, 0.25) is 0 Å². The van der Waals surface area contributed by atoms with Crippen LogP contribution in [-0.4, -0.2) is 46.7 Å². The van der Waals surface area contributed by atoms with Crippen LogP contribution in [0.4, 0.5) is 0 Å². The first-order valence-electron chi connectivity index (χ1n) is 4.33. The van der Waals surface area contributed by atoms with Crippen molar-refractivity contribution in [2.75, 3.05) is 40.4 Å². The van der Waals surface area contributed by atoms with E-state index in [1.807, 2.05) is 21.0 Å². The van der Waals surface area contributed by atoms with Crippen LogP contribution >= 0.6 is 0 Å². The molecular formula is C8H20N2O2. The smallest absolute Gasteiger partial charge is 0.154 e. The Hall–Kier alpha value is -0.160. The third-order valence-corrected chi connectivity index (χ3v) is 1.41. The molecule has 0 aliphatic carbocycles. The molecule has 0 unspecified atom stereocenters. The molecule has 0 amide bonds. The summed E-state index contributed by atoms with van der Waals surface area (Å²) in [4.78, 5) is 0. The van der Waals surface area contributed by atoms with Crippen molar-refractivity contribution in [3.63, 3.8) is 0 Å². The predicted molar refractivity (Wildman–Crippen MR) is 49.2 cm³/mol. The molecule has 0 saturated heterocycles. The summed E-state index contributed by atoms with van der Waals surface area (Å²) in [5.41, 5.74) is 0. The standard InChI is InChI=1S/C8H20N2O2/c1-8(11-6-4-9-2)12-7-5-10-3/h8-10H,4-7H2,1-3H3. The molecule has 0 aromatic heterocycles. The highest BCUT2D eigenvalue weighted by Gasteiger charge is 1.99. The fourth-order valence-electron chi connectivity index (χ4n) is 0.702. The molecule has 0 radical (unpaired) electrons. The number of nitrogens with one attached hydrogen (secondary N) is 2. The number of likely N-dealkylation sites (N-methyl/N-ethyl adjacent to an activating group) is 2. The Bertz CT molecular complexity index is 81.1. The normalized spacial score (nSPS) is 11.0. The van der Waals surface area contributed by atoms with Crippen molar-refractivity contribution in [2.24, 2.45) is 0 Å². The van der Waals surface area contributed by atoms with Crippen molar-refractivity contribution in [2.45, 2.75) is 13.2 Å². The maximum Gasteiger partial charge on any atom is 0.154 e. The largest absolute Gasteiger partial charge is 0.352 e. The van der Waals surface area contributed by atoms with Gasteiger partial charge in [0.2, 0.25) is 0 Å². The Kier molecular flexibility index (Phi) is 8.81. The second kappa shape index (κ2) is 8.93. The molecule has 12 heavy (non-hydrogen) atoms. The fraction of sp³-hybridized carbons (Fsp3) is 1.00. The van der Waals surface area contributed by atoms with Gasteiger partial charge in [-0.05, 0) is 21.0 Å². The Labute approximate surface area is 74.6 Å². The Morgan fingerprint density at radius 2 is 1.42 bits per heavy atom. The SMILES string of the molecule is CNCCOC(C)OCCNC. The van der Waals surface area contributed by atoms with Gasteiger partial charge in [0.05, 0.1) is 13.2 Å². The first-order valence-corrected chi connectivity index (χ1v) is 4.33. The highest BCUT2D eigenvalue weighted by molar-refractivity contribution is 4.40. The first kappa shape index (κ1) is 11.8. The van der Waals surface area contributed by atoms with Gasteiger partial charge in [0.1, 0.15) is 0 Å². The summed E-state index contributed by atoms with van der Waals surface area (Å²) in [5.74, 6) is 0. The molecule has 0 aliphatic rings. The van der Waals surface area contributed by atoms with Crippen LogP contribution in [0.25, 0.3) is 0 Å². The van der Waals surface area contributed by atoms with Gasteiger partial charge in [0, 0.05) is 13.1 Å². The summed E-state index contributed by atoms with van der Waals surface area (Å²) in [6.07, 6.45) is -0.105. The average molecular weight is 176 g/mol. The van der Waals surface area contributed by atoms with Gasteiger partial charge in [-0.2, -0.15) is 0 Å². The minimum atomic E-state index is -0.105. The summed E-state index contributed by atoms with van der Waals surface area (Å²) < 4.78 is 10.6. The third-order valence-electron chi connectivity index (χ3n) is 1.41. The average Bonchev–Trinajstić information content (AvgIpc) is 2.06. The van der Waals surface area contributed by atoms with E-state index >= 15 is 0 Å². The monoisotopic (exact) mass is 176 g/mol. The maximum atomic E-state index is 5.32. The molecule has 0 saturated carbocycles. The van der Waals surface area contributed by atoms with E-state index in [1.54, 1.807) is 0 Å². The molecule has 0 aliphatic heterocycles. The molecule has 74 valence electrons. The fourth-order valence-corrected chi connectivity index (χ4v) is 0.702. The van der Waals surface area contributed by atoms with Gasteiger partial charge < -0.3 is 20.1 Å². The zero-order valence-electron chi connectivity index (χ0n) is 8.22. The molecule has 0 aromatic rings. The number of hydrogen-bond acceptors (Lipinski definition) is 4. The van der Waals surface area contributed by atoms with E-state index in [2.05, 4.69) is 10.6 Å². The summed E-state index contributed by atoms with van der Waals surface area (Å²) in [5, 5.41) is 5.99.